The maximum Gasteiger partial charge on any atom is 0.0887 e. The third-order valence-electron chi connectivity index (χ3n) is 9.76. The van der Waals surface area contributed by atoms with E-state index in [4.69, 9.17) is 11.6 Å². The fourth-order valence-electron chi connectivity index (χ4n) is 6.77. The number of hydrogen-bond acceptors (Lipinski definition) is 2. The number of anilines is 6. The van der Waals surface area contributed by atoms with E-state index >= 15 is 0 Å². The lowest BCUT2D eigenvalue weighted by molar-refractivity contribution is 0.590. The monoisotopic (exact) mass is 690 g/mol. The summed E-state index contributed by atoms with van der Waals surface area (Å²) >= 11 is 7.77. The van der Waals surface area contributed by atoms with Crippen LogP contribution in [0.1, 0.15) is 74.9 Å². The van der Waals surface area contributed by atoms with Crippen LogP contribution >= 0.6 is 11.6 Å². The molecule has 0 saturated heterocycles. The maximum absolute atomic E-state index is 7.77. The molecular weight excluding hydrogens is 640 g/mol. The van der Waals surface area contributed by atoms with E-state index in [1.54, 1.807) is 0 Å². The van der Waals surface area contributed by atoms with Crippen LogP contribution in [-0.2, 0) is 23.7 Å². The molecule has 2 nitrogen and oxygen atoms in total. The van der Waals surface area contributed by atoms with Crippen molar-refractivity contribution < 1.29 is 0 Å². The molecule has 0 aromatic heterocycles. The minimum Gasteiger partial charge on any atom is -0.309 e. The second-order valence-electron chi connectivity index (χ2n) is 15.8. The van der Waals surface area contributed by atoms with Gasteiger partial charge in [-0.3, -0.25) is 0 Å². The summed E-state index contributed by atoms with van der Waals surface area (Å²) < 4.78 is 0. The zero-order valence-corrected chi connectivity index (χ0v) is 32.2. The van der Waals surface area contributed by atoms with Gasteiger partial charge in [0.05, 0.1) is 16.4 Å². The zero-order valence-electron chi connectivity index (χ0n) is 31.5. The highest BCUT2D eigenvalue weighted by atomic mass is 35.5. The molecule has 0 fully saturated rings. The summed E-state index contributed by atoms with van der Waals surface area (Å²) in [6.45, 7) is 17.9. The van der Waals surface area contributed by atoms with Crippen LogP contribution in [-0.4, -0.2) is 0 Å². The highest BCUT2D eigenvalue weighted by Gasteiger charge is 2.26. The predicted molar refractivity (Wildman–Crippen MR) is 222 cm³/mol. The topological polar surface area (TPSA) is 6.48 Å². The van der Waals surface area contributed by atoms with Crippen molar-refractivity contribution in [2.24, 2.45) is 0 Å². The summed E-state index contributed by atoms with van der Waals surface area (Å²) in [5.74, 6) is 0. The van der Waals surface area contributed by atoms with Crippen molar-refractivity contribution in [2.45, 2.75) is 79.1 Å². The van der Waals surface area contributed by atoms with Gasteiger partial charge in [0, 0.05) is 22.7 Å². The SMILES string of the molecule is Cc1cc(N(c2ccc(C(C)(C)C)cc2)c2ccc(C(C)(C)C)cc2)c(Cl)c(N(c2ccccc2C)c2ccccc2CCc2ccccc2)c1. The Balaban J connectivity index is 1.55. The highest BCUT2D eigenvalue weighted by Crippen LogP contribution is 2.49. The van der Waals surface area contributed by atoms with Gasteiger partial charge in [-0.2, -0.15) is 0 Å². The van der Waals surface area contributed by atoms with E-state index in [1.807, 2.05) is 0 Å². The van der Waals surface area contributed by atoms with Gasteiger partial charge in [-0.15, -0.1) is 0 Å². The molecule has 0 spiro atoms. The van der Waals surface area contributed by atoms with E-state index < -0.39 is 0 Å². The molecule has 0 heterocycles. The van der Waals surface area contributed by atoms with Crippen molar-refractivity contribution in [3.63, 3.8) is 0 Å². The summed E-state index contributed by atoms with van der Waals surface area (Å²) in [5, 5.41) is 0.696. The number of hydrogen-bond donors (Lipinski definition) is 0. The third kappa shape index (κ3) is 8.08. The number of benzene rings is 6. The summed E-state index contributed by atoms with van der Waals surface area (Å²) in [6, 6.07) is 50.5. The zero-order chi connectivity index (χ0) is 36.3. The Kier molecular flexibility index (Phi) is 10.5. The fourth-order valence-corrected chi connectivity index (χ4v) is 7.05. The van der Waals surface area contributed by atoms with Crippen LogP contribution in [0.2, 0.25) is 5.02 Å². The first kappa shape index (κ1) is 36.0. The summed E-state index contributed by atoms with van der Waals surface area (Å²) in [6.07, 6.45) is 1.86. The van der Waals surface area contributed by atoms with E-state index in [0.29, 0.717) is 5.02 Å². The van der Waals surface area contributed by atoms with Crippen LogP contribution < -0.4 is 9.80 Å². The Labute approximate surface area is 311 Å². The highest BCUT2D eigenvalue weighted by molar-refractivity contribution is 6.36. The predicted octanol–water partition coefficient (Wildman–Crippen LogP) is 14.3. The minimum absolute atomic E-state index is 0.0494. The van der Waals surface area contributed by atoms with E-state index in [-0.39, 0.29) is 10.8 Å². The molecule has 0 radical (unpaired) electrons. The van der Waals surface area contributed by atoms with Crippen LogP contribution in [0.15, 0.2) is 140 Å². The maximum atomic E-state index is 7.77. The standard InChI is InChI=1S/C48H51ClN2/c1-34-32-44(50(40-28-24-38(25-29-40)47(3,4)5)41-30-26-39(27-31-41)48(6,7)8)46(49)45(33-34)51(42-20-14-12-16-35(42)2)43-21-15-13-19-37(43)23-22-36-17-10-9-11-18-36/h9-21,24-33H,22-23H2,1-8H3. The van der Waals surface area contributed by atoms with Crippen LogP contribution in [0, 0.1) is 13.8 Å². The summed E-state index contributed by atoms with van der Waals surface area (Å²) in [7, 11) is 0. The molecule has 0 unspecified atom stereocenters. The molecule has 0 atom stereocenters. The molecule has 3 heteroatoms. The van der Waals surface area contributed by atoms with Crippen LogP contribution in [0.5, 0.6) is 0 Å². The largest absolute Gasteiger partial charge is 0.309 e. The van der Waals surface area contributed by atoms with Crippen LogP contribution in [0.3, 0.4) is 0 Å². The molecule has 6 aromatic rings. The lowest BCUT2D eigenvalue weighted by Gasteiger charge is -2.33. The first-order valence-electron chi connectivity index (χ1n) is 18.1. The van der Waals surface area contributed by atoms with Crippen LogP contribution in [0.25, 0.3) is 0 Å². The van der Waals surface area contributed by atoms with Gasteiger partial charge in [0.2, 0.25) is 0 Å². The van der Waals surface area contributed by atoms with Gasteiger partial charge in [-0.25, -0.2) is 0 Å². The summed E-state index contributed by atoms with van der Waals surface area (Å²) in [4.78, 5) is 4.69. The smallest absolute Gasteiger partial charge is 0.0887 e. The van der Waals surface area contributed by atoms with Gasteiger partial charge in [-0.1, -0.05) is 144 Å². The molecule has 0 aliphatic carbocycles. The molecule has 260 valence electrons. The number of aryl methyl sites for hydroxylation is 4. The molecule has 6 aromatic carbocycles. The average molecular weight is 691 g/mol. The molecule has 6 rings (SSSR count). The lowest BCUT2D eigenvalue weighted by Crippen LogP contribution is -2.17. The van der Waals surface area contributed by atoms with E-state index in [1.165, 1.54) is 27.8 Å². The third-order valence-corrected chi connectivity index (χ3v) is 10.1. The van der Waals surface area contributed by atoms with Gasteiger partial charge >= 0.3 is 0 Å². The van der Waals surface area contributed by atoms with Crippen molar-refractivity contribution in [2.75, 3.05) is 9.80 Å². The Bertz CT molecular complexity index is 2020. The Morgan fingerprint density at radius 1 is 0.471 bits per heavy atom. The van der Waals surface area contributed by atoms with Crippen LogP contribution in [0.4, 0.5) is 34.1 Å². The normalized spacial score (nSPS) is 11.8. The van der Waals surface area contributed by atoms with Gasteiger partial charge in [0.1, 0.15) is 0 Å². The number of halogens is 1. The molecule has 0 bridgehead atoms. The van der Waals surface area contributed by atoms with Gasteiger partial charge in [0.25, 0.3) is 0 Å². The van der Waals surface area contributed by atoms with Gasteiger partial charge < -0.3 is 9.80 Å². The Morgan fingerprint density at radius 3 is 1.47 bits per heavy atom. The lowest BCUT2D eigenvalue weighted by atomic mass is 9.86. The quantitative estimate of drug-likeness (QED) is 0.149. The van der Waals surface area contributed by atoms with Gasteiger partial charge in [-0.05, 0) is 119 Å². The molecular formula is C48H51ClN2. The van der Waals surface area contributed by atoms with Crippen molar-refractivity contribution in [3.05, 3.63) is 178 Å². The van der Waals surface area contributed by atoms with E-state index in [2.05, 4.69) is 205 Å². The molecule has 0 amide bonds. The number of nitrogens with zero attached hydrogens (tertiary/aromatic N) is 2. The average Bonchev–Trinajstić information content (AvgIpc) is 3.11. The molecule has 0 aliphatic rings. The molecule has 51 heavy (non-hydrogen) atoms. The molecule has 0 aliphatic heterocycles. The van der Waals surface area contributed by atoms with Crippen molar-refractivity contribution in [1.29, 1.82) is 0 Å². The molecule has 0 saturated carbocycles. The number of para-hydroxylation sites is 2. The van der Waals surface area contributed by atoms with Gasteiger partial charge in [0.15, 0.2) is 0 Å². The Hall–Kier alpha value is -4.79. The summed E-state index contributed by atoms with van der Waals surface area (Å²) in [5.41, 5.74) is 13.9. The second kappa shape index (κ2) is 14.8. The van der Waals surface area contributed by atoms with Crippen molar-refractivity contribution >= 4 is 45.7 Å². The van der Waals surface area contributed by atoms with E-state index in [0.717, 1.165) is 52.5 Å². The minimum atomic E-state index is 0.0494. The Morgan fingerprint density at radius 2 is 0.941 bits per heavy atom. The van der Waals surface area contributed by atoms with Crippen molar-refractivity contribution in [3.8, 4) is 0 Å². The second-order valence-corrected chi connectivity index (χ2v) is 16.2. The number of rotatable bonds is 9. The fraction of sp³-hybridized carbons (Fsp3) is 0.250. The van der Waals surface area contributed by atoms with E-state index in [9.17, 15) is 0 Å². The first-order valence-corrected chi connectivity index (χ1v) is 18.5. The molecule has 0 N–H and O–H groups in total. The first-order chi connectivity index (χ1) is 24.3. The van der Waals surface area contributed by atoms with Crippen molar-refractivity contribution in [1.82, 2.24) is 0 Å².